The van der Waals surface area contributed by atoms with Crippen LogP contribution in [0.15, 0.2) is 96.1 Å². The third-order valence-electron chi connectivity index (χ3n) is 11.3. The van der Waals surface area contributed by atoms with Gasteiger partial charge in [0.2, 0.25) is 0 Å². The Bertz CT molecular complexity index is 1770. The zero-order valence-electron chi connectivity index (χ0n) is 29.9. The standard InChI is InChI=1S/2C20H21.C3H9Si.2ClH.Zr/c2*1-14-12-16-6-5-7-18(19(16)13-14)15-8-10-17(11-9-15)20(2,3)4;1-3-4-2;;;/h2*5-13H,1-4H3;4H,3H2,1-2H3;2*1H;/q;;;;;+2/p-2. The van der Waals surface area contributed by atoms with Crippen LogP contribution in [0, 0.1) is 0 Å². The molecule has 4 aromatic carbocycles. The van der Waals surface area contributed by atoms with E-state index in [4.69, 9.17) is 17.0 Å². The number of rotatable bonds is 6. The Labute approximate surface area is 293 Å². The summed E-state index contributed by atoms with van der Waals surface area (Å²) >= 11 is -4.77. The molecule has 47 heavy (non-hydrogen) atoms. The molecule has 0 saturated heterocycles. The molecule has 3 atom stereocenters. The van der Waals surface area contributed by atoms with Gasteiger partial charge in [0.1, 0.15) is 0 Å². The van der Waals surface area contributed by atoms with Crippen LogP contribution in [-0.4, -0.2) is 5.92 Å². The van der Waals surface area contributed by atoms with Crippen molar-refractivity contribution >= 4 is 35.1 Å². The van der Waals surface area contributed by atoms with Crippen LogP contribution in [0.2, 0.25) is 12.6 Å². The van der Waals surface area contributed by atoms with Crippen LogP contribution in [-0.2, 0) is 26.4 Å². The van der Waals surface area contributed by atoms with E-state index in [1.165, 1.54) is 66.8 Å². The summed E-state index contributed by atoms with van der Waals surface area (Å²) in [6, 6.07) is 33.1. The molecule has 0 nitrogen and oxygen atoms in total. The summed E-state index contributed by atoms with van der Waals surface area (Å²) in [4.78, 5) is 0. The molecule has 0 aromatic heterocycles. The first-order chi connectivity index (χ1) is 22.0. The Morgan fingerprint density at radius 2 is 0.957 bits per heavy atom. The van der Waals surface area contributed by atoms with Gasteiger partial charge in [0.15, 0.2) is 0 Å². The predicted octanol–water partition coefficient (Wildman–Crippen LogP) is 13.6. The molecule has 4 aromatic rings. The van der Waals surface area contributed by atoms with Crippen molar-refractivity contribution in [2.75, 3.05) is 0 Å². The molecule has 2 aliphatic rings. The van der Waals surface area contributed by atoms with Crippen molar-refractivity contribution < 1.29 is 15.6 Å². The molecule has 0 aliphatic heterocycles. The topological polar surface area (TPSA) is 0 Å². The van der Waals surface area contributed by atoms with Gasteiger partial charge < -0.3 is 0 Å². The molecule has 6 rings (SSSR count). The van der Waals surface area contributed by atoms with Crippen LogP contribution in [0.1, 0.15) is 103 Å². The molecule has 0 spiro atoms. The number of benzene rings is 4. The van der Waals surface area contributed by atoms with Gasteiger partial charge >= 0.3 is 295 Å². The van der Waals surface area contributed by atoms with Crippen LogP contribution >= 0.6 is 17.0 Å². The quantitative estimate of drug-likeness (QED) is 0.172. The number of halogens is 2. The third-order valence-corrected chi connectivity index (χ3v) is 62.9. The summed E-state index contributed by atoms with van der Waals surface area (Å²) in [5.41, 5.74) is 16.0. The Hall–Kier alpha value is -1.96. The molecule has 0 radical (unpaired) electrons. The van der Waals surface area contributed by atoms with E-state index in [1.54, 1.807) is 0 Å². The van der Waals surface area contributed by atoms with Crippen molar-refractivity contribution in [3.8, 4) is 22.3 Å². The molecule has 0 heterocycles. The number of hydrogen-bond acceptors (Lipinski definition) is 0. The first kappa shape index (κ1) is 34.9. The normalized spacial score (nSPS) is 19.4. The summed E-state index contributed by atoms with van der Waals surface area (Å²) in [6.45, 7) is 23.0. The third kappa shape index (κ3) is 5.78. The summed E-state index contributed by atoms with van der Waals surface area (Å²) in [5.74, 6) is -1.60. The van der Waals surface area contributed by atoms with E-state index in [-0.39, 0.29) is 18.1 Å². The SMILES string of the molecule is CC[SiH](C)[Zr]([Cl])([Cl])([CH]1C(C)=Cc2c(-c3ccc(C(C)(C)C)cc3)cccc21)[CH]1C(C)=Cc2c(-c3ccc(C(C)(C)C)cc3)cccc21. The van der Waals surface area contributed by atoms with Crippen molar-refractivity contribution in [1.82, 2.24) is 0 Å². The fourth-order valence-electron chi connectivity index (χ4n) is 8.50. The molecule has 0 bridgehead atoms. The Morgan fingerprint density at radius 1 is 0.596 bits per heavy atom. The Balaban J connectivity index is 1.49. The van der Waals surface area contributed by atoms with Gasteiger partial charge in [-0.2, -0.15) is 0 Å². The van der Waals surface area contributed by atoms with Gasteiger partial charge in [-0.05, 0) is 0 Å². The summed E-state index contributed by atoms with van der Waals surface area (Å²) in [7, 11) is 17.2. The second kappa shape index (κ2) is 12.1. The Morgan fingerprint density at radius 3 is 1.28 bits per heavy atom. The van der Waals surface area contributed by atoms with E-state index < -0.39 is 21.5 Å². The van der Waals surface area contributed by atoms with E-state index in [1.807, 2.05) is 0 Å². The predicted molar refractivity (Wildman–Crippen MR) is 209 cm³/mol. The van der Waals surface area contributed by atoms with Gasteiger partial charge in [0.25, 0.3) is 0 Å². The van der Waals surface area contributed by atoms with Crippen LogP contribution in [0.4, 0.5) is 0 Å². The van der Waals surface area contributed by atoms with Gasteiger partial charge in [-0.1, -0.05) is 0 Å². The van der Waals surface area contributed by atoms with E-state index in [2.05, 4.69) is 166 Å². The fraction of sp³-hybridized carbons (Fsp3) is 0.349. The molecule has 0 N–H and O–H groups in total. The van der Waals surface area contributed by atoms with Crippen molar-refractivity contribution in [2.45, 2.75) is 93.0 Å². The summed E-state index contributed by atoms with van der Waals surface area (Å²) in [6.07, 6.45) is 4.84. The molecule has 245 valence electrons. The van der Waals surface area contributed by atoms with E-state index >= 15 is 0 Å². The summed E-state index contributed by atoms with van der Waals surface area (Å²) < 4.78 is 0.193. The van der Waals surface area contributed by atoms with Crippen molar-refractivity contribution in [3.63, 3.8) is 0 Å². The first-order valence-electron chi connectivity index (χ1n) is 17.4. The molecule has 2 aliphatic carbocycles. The van der Waals surface area contributed by atoms with Crippen LogP contribution in [0.25, 0.3) is 34.4 Å². The fourth-order valence-corrected chi connectivity index (χ4v) is 51.8. The van der Waals surface area contributed by atoms with Gasteiger partial charge in [0.05, 0.1) is 0 Å². The van der Waals surface area contributed by atoms with Crippen molar-refractivity contribution in [3.05, 3.63) is 129 Å². The van der Waals surface area contributed by atoms with Crippen LogP contribution in [0.5, 0.6) is 0 Å². The van der Waals surface area contributed by atoms with Gasteiger partial charge in [0, 0.05) is 0 Å². The monoisotopic (exact) mass is 755 g/mol. The second-order valence-electron chi connectivity index (χ2n) is 16.4. The first-order valence-corrected chi connectivity index (χ1v) is 33.4. The number of hydrogen-bond donors (Lipinski definition) is 0. The zero-order valence-corrected chi connectivity index (χ0v) is 35.1. The Kier molecular flexibility index (Phi) is 9.00. The summed E-state index contributed by atoms with van der Waals surface area (Å²) in [5, 5.41) is 0. The molecular formula is C43H51Cl2SiZr. The molecule has 4 heteroatoms. The maximum atomic E-state index is 8.60. The van der Waals surface area contributed by atoms with Crippen molar-refractivity contribution in [2.24, 2.45) is 0 Å². The average molecular weight is 758 g/mol. The van der Waals surface area contributed by atoms with Gasteiger partial charge in [-0.25, -0.2) is 0 Å². The van der Waals surface area contributed by atoms with E-state index in [0.29, 0.717) is 0 Å². The zero-order chi connectivity index (χ0) is 34.1. The molecule has 0 saturated carbocycles. The minimum absolute atomic E-state index is 0.0965. The van der Waals surface area contributed by atoms with Crippen molar-refractivity contribution in [1.29, 1.82) is 0 Å². The maximum absolute atomic E-state index is 8.60. The average Bonchev–Trinajstić information content (AvgIpc) is 3.56. The second-order valence-corrected chi connectivity index (χ2v) is 58.0. The van der Waals surface area contributed by atoms with Crippen LogP contribution < -0.4 is 0 Å². The minimum atomic E-state index is -4.77. The molecule has 0 fully saturated rings. The molecular weight excluding hydrogens is 707 g/mol. The van der Waals surface area contributed by atoms with E-state index in [9.17, 15) is 0 Å². The molecule has 3 unspecified atom stereocenters. The van der Waals surface area contributed by atoms with Gasteiger partial charge in [-0.3, -0.25) is 0 Å². The number of allylic oxidation sites excluding steroid dienone is 2. The number of fused-ring (bicyclic) bond motifs is 2. The molecule has 0 amide bonds. The van der Waals surface area contributed by atoms with Gasteiger partial charge in [-0.15, -0.1) is 0 Å². The van der Waals surface area contributed by atoms with Crippen LogP contribution in [0.3, 0.4) is 0 Å². The van der Waals surface area contributed by atoms with E-state index in [0.717, 1.165) is 6.04 Å².